The normalized spacial score (nSPS) is 17.1. The second kappa shape index (κ2) is 16.7. The van der Waals surface area contributed by atoms with E-state index >= 15 is 0 Å². The first-order chi connectivity index (χ1) is 18.1. The van der Waals surface area contributed by atoms with Gasteiger partial charge in [-0.2, -0.15) is 0 Å². The van der Waals surface area contributed by atoms with E-state index in [9.17, 15) is 9.59 Å². The van der Waals surface area contributed by atoms with E-state index in [4.69, 9.17) is 4.74 Å². The molecule has 0 saturated carbocycles. The Labute approximate surface area is 224 Å². The number of benzene rings is 1. The molecule has 1 aromatic carbocycles. The molecular formula is C30H50N4O3. The van der Waals surface area contributed by atoms with Crippen LogP contribution in [0, 0.1) is 5.92 Å². The average Bonchev–Trinajstić information content (AvgIpc) is 2.91. The van der Waals surface area contributed by atoms with Crippen LogP contribution in [0.4, 0.5) is 11.4 Å². The third-order valence-electron chi connectivity index (χ3n) is 7.70. The van der Waals surface area contributed by atoms with Crippen molar-refractivity contribution in [3.05, 3.63) is 23.8 Å². The maximum Gasteiger partial charge on any atom is 0.253 e. The molecule has 1 aromatic rings. The minimum absolute atomic E-state index is 0.0324. The number of hydrogen-bond donors (Lipinski definition) is 2. The predicted molar refractivity (Wildman–Crippen MR) is 153 cm³/mol. The highest BCUT2D eigenvalue weighted by Crippen LogP contribution is 2.29. The van der Waals surface area contributed by atoms with Crippen LogP contribution in [0.3, 0.4) is 0 Å². The van der Waals surface area contributed by atoms with Crippen molar-refractivity contribution >= 4 is 23.2 Å². The molecule has 2 saturated heterocycles. The number of ether oxygens (including phenoxy) is 1. The van der Waals surface area contributed by atoms with E-state index < -0.39 is 0 Å². The second-order valence-corrected chi connectivity index (χ2v) is 10.9. The molecule has 0 aromatic heterocycles. The van der Waals surface area contributed by atoms with Crippen molar-refractivity contribution < 1.29 is 14.3 Å². The quantitative estimate of drug-likeness (QED) is 0.304. The lowest BCUT2D eigenvalue weighted by molar-refractivity contribution is -0.116. The van der Waals surface area contributed by atoms with Crippen LogP contribution in [0.2, 0.25) is 0 Å². The molecule has 2 N–H and O–H groups in total. The van der Waals surface area contributed by atoms with Gasteiger partial charge in [0.1, 0.15) is 0 Å². The van der Waals surface area contributed by atoms with Gasteiger partial charge in [0, 0.05) is 50.5 Å². The van der Waals surface area contributed by atoms with Crippen LogP contribution in [0.1, 0.15) is 94.8 Å². The number of rotatable bonds is 15. The fourth-order valence-corrected chi connectivity index (χ4v) is 5.21. The van der Waals surface area contributed by atoms with Crippen LogP contribution in [0.25, 0.3) is 0 Å². The maximum absolute atomic E-state index is 13.3. The van der Waals surface area contributed by atoms with E-state index in [1.807, 2.05) is 18.2 Å². The Balaban J connectivity index is 1.54. The smallest absolute Gasteiger partial charge is 0.253 e. The molecule has 37 heavy (non-hydrogen) atoms. The number of nitrogens with zero attached hydrogens (tertiary/aromatic N) is 2. The van der Waals surface area contributed by atoms with Crippen molar-refractivity contribution in [1.29, 1.82) is 0 Å². The molecule has 7 heteroatoms. The van der Waals surface area contributed by atoms with Gasteiger partial charge in [-0.3, -0.25) is 14.5 Å². The highest BCUT2D eigenvalue weighted by Gasteiger charge is 2.22. The molecule has 0 spiro atoms. The number of carbonyl (C=O) groups is 2. The van der Waals surface area contributed by atoms with Crippen LogP contribution >= 0.6 is 0 Å². The monoisotopic (exact) mass is 514 g/mol. The molecule has 2 heterocycles. The zero-order valence-corrected chi connectivity index (χ0v) is 23.4. The molecule has 0 aliphatic carbocycles. The Morgan fingerprint density at radius 1 is 0.946 bits per heavy atom. The second-order valence-electron chi connectivity index (χ2n) is 10.9. The highest BCUT2D eigenvalue weighted by atomic mass is 16.5. The summed E-state index contributed by atoms with van der Waals surface area (Å²) in [6, 6.07) is 5.83. The van der Waals surface area contributed by atoms with Gasteiger partial charge in [0.05, 0.1) is 18.8 Å². The van der Waals surface area contributed by atoms with Crippen molar-refractivity contribution in [2.24, 2.45) is 5.92 Å². The third-order valence-corrected chi connectivity index (χ3v) is 7.70. The maximum atomic E-state index is 13.3. The lowest BCUT2D eigenvalue weighted by Gasteiger charge is -2.33. The molecule has 0 unspecified atom stereocenters. The molecule has 0 atom stereocenters. The van der Waals surface area contributed by atoms with Crippen molar-refractivity contribution in [2.45, 2.75) is 84.5 Å². The molecule has 0 bridgehead atoms. The Kier molecular flexibility index (Phi) is 13.3. The summed E-state index contributed by atoms with van der Waals surface area (Å²) >= 11 is 0. The molecule has 208 valence electrons. The van der Waals surface area contributed by atoms with Gasteiger partial charge in [0.2, 0.25) is 5.91 Å². The van der Waals surface area contributed by atoms with Gasteiger partial charge in [-0.1, -0.05) is 52.4 Å². The van der Waals surface area contributed by atoms with Crippen molar-refractivity contribution in [3.63, 3.8) is 0 Å². The summed E-state index contributed by atoms with van der Waals surface area (Å²) in [6.45, 7) is 11.6. The molecule has 3 rings (SSSR count). The average molecular weight is 515 g/mol. The van der Waals surface area contributed by atoms with E-state index in [2.05, 4.69) is 34.3 Å². The Morgan fingerprint density at radius 2 is 1.65 bits per heavy atom. The van der Waals surface area contributed by atoms with Crippen LogP contribution in [0.5, 0.6) is 0 Å². The van der Waals surface area contributed by atoms with E-state index in [0.717, 1.165) is 89.6 Å². The predicted octanol–water partition coefficient (Wildman–Crippen LogP) is 5.45. The highest BCUT2D eigenvalue weighted by molar-refractivity contribution is 6.02. The van der Waals surface area contributed by atoms with Gasteiger partial charge in [0.15, 0.2) is 0 Å². The molecule has 2 fully saturated rings. The molecule has 7 nitrogen and oxygen atoms in total. The van der Waals surface area contributed by atoms with Gasteiger partial charge in [0.25, 0.3) is 5.91 Å². The molecule has 2 aliphatic rings. The van der Waals surface area contributed by atoms with Crippen LogP contribution in [-0.2, 0) is 9.53 Å². The summed E-state index contributed by atoms with van der Waals surface area (Å²) in [4.78, 5) is 30.6. The van der Waals surface area contributed by atoms with E-state index in [1.54, 1.807) is 0 Å². The number of carbonyl (C=O) groups excluding carboxylic acids is 2. The minimum Gasteiger partial charge on any atom is -0.379 e. The van der Waals surface area contributed by atoms with Crippen molar-refractivity contribution in [3.8, 4) is 0 Å². The SMILES string of the molecule is CCCCCCCCCC(=O)Nc1ccc(N2CCC(C)CC2)c(C(=O)NCCCN2CCOCC2)c1. The first-order valence-corrected chi connectivity index (χ1v) is 14.8. The summed E-state index contributed by atoms with van der Waals surface area (Å²) in [6.07, 6.45) is 12.0. The Hall–Kier alpha value is -2.12. The molecule has 2 amide bonds. The first-order valence-electron chi connectivity index (χ1n) is 14.8. The van der Waals surface area contributed by atoms with Crippen LogP contribution < -0.4 is 15.5 Å². The van der Waals surface area contributed by atoms with Gasteiger partial charge >= 0.3 is 0 Å². The largest absolute Gasteiger partial charge is 0.379 e. The van der Waals surface area contributed by atoms with E-state index in [1.165, 1.54) is 32.1 Å². The molecule has 2 aliphatic heterocycles. The summed E-state index contributed by atoms with van der Waals surface area (Å²) in [5.74, 6) is 0.697. The first kappa shape index (κ1) is 29.4. The number of piperidine rings is 1. The number of hydrogen-bond acceptors (Lipinski definition) is 5. The summed E-state index contributed by atoms with van der Waals surface area (Å²) in [5.41, 5.74) is 2.35. The lowest BCUT2D eigenvalue weighted by Crippen LogP contribution is -2.38. The number of morpholine rings is 1. The Morgan fingerprint density at radius 3 is 2.38 bits per heavy atom. The number of unbranched alkanes of at least 4 members (excludes halogenated alkanes) is 6. The van der Waals surface area contributed by atoms with Gasteiger partial charge < -0.3 is 20.3 Å². The Bertz CT molecular complexity index is 817. The van der Waals surface area contributed by atoms with Gasteiger partial charge in [-0.05, 0) is 56.3 Å². The van der Waals surface area contributed by atoms with E-state index in [0.29, 0.717) is 24.2 Å². The molecular weight excluding hydrogens is 464 g/mol. The minimum atomic E-state index is -0.0567. The molecule has 0 radical (unpaired) electrons. The van der Waals surface area contributed by atoms with Crippen molar-refractivity contribution in [1.82, 2.24) is 10.2 Å². The van der Waals surface area contributed by atoms with Gasteiger partial charge in [-0.15, -0.1) is 0 Å². The standard InChI is InChI=1S/C30H50N4O3/c1-3-4-5-6-7-8-9-11-29(35)32-26-12-13-28(34-18-14-25(2)15-19-34)27(24-26)30(36)31-16-10-17-33-20-22-37-23-21-33/h12-13,24-25H,3-11,14-23H2,1-2H3,(H,31,36)(H,32,35). The zero-order chi connectivity index (χ0) is 26.3. The van der Waals surface area contributed by atoms with Crippen LogP contribution in [-0.4, -0.2) is 69.2 Å². The fraction of sp³-hybridized carbons (Fsp3) is 0.733. The van der Waals surface area contributed by atoms with Crippen molar-refractivity contribution in [2.75, 3.05) is 62.7 Å². The number of amides is 2. The van der Waals surface area contributed by atoms with Crippen LogP contribution in [0.15, 0.2) is 18.2 Å². The number of nitrogens with one attached hydrogen (secondary N) is 2. The summed E-state index contributed by atoms with van der Waals surface area (Å²) < 4.78 is 5.42. The summed E-state index contributed by atoms with van der Waals surface area (Å²) in [7, 11) is 0. The zero-order valence-electron chi connectivity index (χ0n) is 23.4. The van der Waals surface area contributed by atoms with Gasteiger partial charge in [-0.25, -0.2) is 0 Å². The third kappa shape index (κ3) is 10.6. The topological polar surface area (TPSA) is 73.9 Å². The number of anilines is 2. The lowest BCUT2D eigenvalue weighted by atomic mass is 9.97. The fourth-order valence-electron chi connectivity index (χ4n) is 5.21. The van der Waals surface area contributed by atoms with E-state index in [-0.39, 0.29) is 11.8 Å². The summed E-state index contributed by atoms with van der Waals surface area (Å²) in [5, 5.41) is 6.17.